The van der Waals surface area contributed by atoms with Crippen LogP contribution in [0.15, 0.2) is 24.3 Å². The Labute approximate surface area is 99.3 Å². The van der Waals surface area contributed by atoms with Crippen LogP contribution in [-0.4, -0.2) is 26.1 Å². The molecule has 1 aromatic carbocycles. The zero-order chi connectivity index (χ0) is 11.8. The molecule has 0 aliphatic carbocycles. The van der Waals surface area contributed by atoms with Gasteiger partial charge in [-0.2, -0.15) is 11.8 Å². The van der Waals surface area contributed by atoms with E-state index in [9.17, 15) is 4.79 Å². The van der Waals surface area contributed by atoms with Gasteiger partial charge in [0, 0.05) is 18.4 Å². The van der Waals surface area contributed by atoms with E-state index in [0.717, 1.165) is 5.75 Å². The van der Waals surface area contributed by atoms with Gasteiger partial charge in [-0.3, -0.25) is 4.79 Å². The minimum absolute atomic E-state index is 0.0380. The third-order valence-electron chi connectivity index (χ3n) is 1.87. The standard InChI is InChI=1S/C11H15NO3S/c1-14-8-15-12-11(13)10-5-3-9(4-6-10)7-16-2/h3-6H,7-8H2,1-2H3,(H,12,13). The molecule has 0 heterocycles. The highest BCUT2D eigenvalue weighted by molar-refractivity contribution is 7.97. The summed E-state index contributed by atoms with van der Waals surface area (Å²) in [5.74, 6) is 0.676. The first-order chi connectivity index (χ1) is 7.77. The molecule has 0 aliphatic rings. The van der Waals surface area contributed by atoms with Gasteiger partial charge < -0.3 is 4.74 Å². The zero-order valence-corrected chi connectivity index (χ0v) is 10.2. The van der Waals surface area contributed by atoms with Crippen molar-refractivity contribution in [1.82, 2.24) is 5.48 Å². The molecule has 1 amide bonds. The lowest BCUT2D eigenvalue weighted by molar-refractivity contribution is -0.0704. The first-order valence-electron chi connectivity index (χ1n) is 4.77. The number of carbonyl (C=O) groups excluding carboxylic acids is 1. The molecule has 4 nitrogen and oxygen atoms in total. The summed E-state index contributed by atoms with van der Waals surface area (Å²) in [7, 11) is 1.49. The van der Waals surface area contributed by atoms with Crippen LogP contribution in [0, 0.1) is 0 Å². The molecule has 0 atom stereocenters. The second kappa shape index (κ2) is 7.27. The van der Waals surface area contributed by atoms with E-state index in [1.54, 1.807) is 23.9 Å². The van der Waals surface area contributed by atoms with Gasteiger partial charge >= 0.3 is 0 Å². The van der Waals surface area contributed by atoms with Crippen molar-refractivity contribution in [2.24, 2.45) is 0 Å². The predicted octanol–water partition coefficient (Wildman–Crippen LogP) is 1.81. The van der Waals surface area contributed by atoms with Gasteiger partial charge in [0.25, 0.3) is 5.91 Å². The van der Waals surface area contributed by atoms with Gasteiger partial charge in [-0.05, 0) is 24.0 Å². The summed E-state index contributed by atoms with van der Waals surface area (Å²) in [6.07, 6.45) is 2.04. The largest absolute Gasteiger partial charge is 0.356 e. The number of rotatable bonds is 6. The van der Waals surface area contributed by atoms with E-state index in [0.29, 0.717) is 5.56 Å². The number of methoxy groups -OCH3 is 1. The third-order valence-corrected chi connectivity index (χ3v) is 2.49. The predicted molar refractivity (Wildman–Crippen MR) is 64.1 cm³/mol. The lowest BCUT2D eigenvalue weighted by Gasteiger charge is -2.05. The van der Waals surface area contributed by atoms with E-state index in [1.165, 1.54) is 12.7 Å². The van der Waals surface area contributed by atoms with Crippen molar-refractivity contribution >= 4 is 17.7 Å². The minimum Gasteiger partial charge on any atom is -0.356 e. The maximum Gasteiger partial charge on any atom is 0.274 e. The molecule has 1 aromatic rings. The monoisotopic (exact) mass is 241 g/mol. The molecule has 0 unspecified atom stereocenters. The van der Waals surface area contributed by atoms with E-state index in [2.05, 4.69) is 10.2 Å². The quantitative estimate of drug-likeness (QED) is 0.469. The number of carbonyl (C=O) groups is 1. The molecular formula is C11H15NO3S. The van der Waals surface area contributed by atoms with Crippen LogP contribution in [0.5, 0.6) is 0 Å². The van der Waals surface area contributed by atoms with Crippen LogP contribution >= 0.6 is 11.8 Å². The van der Waals surface area contributed by atoms with Gasteiger partial charge in [0.05, 0.1) is 0 Å². The Hall–Kier alpha value is -1.04. The molecule has 88 valence electrons. The third kappa shape index (κ3) is 4.22. The summed E-state index contributed by atoms with van der Waals surface area (Å²) >= 11 is 1.74. The first kappa shape index (κ1) is 13.0. The molecule has 1 rings (SSSR count). The van der Waals surface area contributed by atoms with Gasteiger partial charge in [0.15, 0.2) is 6.79 Å². The minimum atomic E-state index is -0.271. The van der Waals surface area contributed by atoms with E-state index in [-0.39, 0.29) is 12.7 Å². The summed E-state index contributed by atoms with van der Waals surface area (Å²) in [4.78, 5) is 16.2. The Balaban J connectivity index is 2.49. The molecular weight excluding hydrogens is 226 g/mol. The highest BCUT2D eigenvalue weighted by Crippen LogP contribution is 2.10. The maximum absolute atomic E-state index is 11.5. The number of thioether (sulfide) groups is 1. The summed E-state index contributed by atoms with van der Waals surface area (Å²) < 4.78 is 4.64. The van der Waals surface area contributed by atoms with Crippen molar-refractivity contribution in [2.75, 3.05) is 20.2 Å². The van der Waals surface area contributed by atoms with Crippen molar-refractivity contribution in [3.05, 3.63) is 35.4 Å². The van der Waals surface area contributed by atoms with Crippen LogP contribution in [0.1, 0.15) is 15.9 Å². The van der Waals surface area contributed by atoms with Crippen LogP contribution < -0.4 is 5.48 Å². The molecule has 0 saturated carbocycles. The van der Waals surface area contributed by atoms with Crippen molar-refractivity contribution < 1.29 is 14.4 Å². The Bertz CT molecular complexity index is 327. The lowest BCUT2D eigenvalue weighted by Crippen LogP contribution is -2.24. The fourth-order valence-electron chi connectivity index (χ4n) is 1.13. The van der Waals surface area contributed by atoms with Crippen LogP contribution in [0.25, 0.3) is 0 Å². The number of hydrogen-bond donors (Lipinski definition) is 1. The van der Waals surface area contributed by atoms with Crippen LogP contribution in [0.4, 0.5) is 0 Å². The van der Waals surface area contributed by atoms with Crippen molar-refractivity contribution in [3.8, 4) is 0 Å². The maximum atomic E-state index is 11.5. The molecule has 16 heavy (non-hydrogen) atoms. The Morgan fingerprint density at radius 3 is 2.62 bits per heavy atom. The fourth-order valence-corrected chi connectivity index (χ4v) is 1.66. The summed E-state index contributed by atoms with van der Waals surface area (Å²) in [6, 6.07) is 7.41. The van der Waals surface area contributed by atoms with Crippen molar-refractivity contribution in [2.45, 2.75) is 5.75 Å². The molecule has 1 N–H and O–H groups in total. The molecule has 0 spiro atoms. The average molecular weight is 241 g/mol. The second-order valence-corrected chi connectivity index (χ2v) is 3.98. The first-order valence-corrected chi connectivity index (χ1v) is 6.16. The topological polar surface area (TPSA) is 47.6 Å². The smallest absolute Gasteiger partial charge is 0.274 e. The Morgan fingerprint density at radius 1 is 1.38 bits per heavy atom. The van der Waals surface area contributed by atoms with Gasteiger partial charge in [-0.1, -0.05) is 12.1 Å². The van der Waals surface area contributed by atoms with Crippen molar-refractivity contribution in [3.63, 3.8) is 0 Å². The molecule has 0 bridgehead atoms. The van der Waals surface area contributed by atoms with Gasteiger partial charge in [-0.15, -0.1) is 0 Å². The number of benzene rings is 1. The molecule has 0 saturated heterocycles. The summed E-state index contributed by atoms with van der Waals surface area (Å²) in [5, 5.41) is 0. The number of ether oxygens (including phenoxy) is 1. The fraction of sp³-hybridized carbons (Fsp3) is 0.364. The summed E-state index contributed by atoms with van der Waals surface area (Å²) in [6.45, 7) is 0.0380. The van der Waals surface area contributed by atoms with Gasteiger partial charge in [0.2, 0.25) is 0 Å². The van der Waals surface area contributed by atoms with E-state index < -0.39 is 0 Å². The molecule has 5 heteroatoms. The van der Waals surface area contributed by atoms with E-state index in [4.69, 9.17) is 4.84 Å². The highest BCUT2D eigenvalue weighted by atomic mass is 32.2. The van der Waals surface area contributed by atoms with E-state index in [1.807, 2.05) is 18.4 Å². The SMILES string of the molecule is COCONC(=O)c1ccc(CSC)cc1. The number of nitrogens with one attached hydrogen (secondary N) is 1. The van der Waals surface area contributed by atoms with E-state index >= 15 is 0 Å². The average Bonchev–Trinajstić information content (AvgIpc) is 2.30. The lowest BCUT2D eigenvalue weighted by atomic mass is 10.1. The Kier molecular flexibility index (Phi) is 5.92. The van der Waals surface area contributed by atoms with Crippen molar-refractivity contribution in [1.29, 1.82) is 0 Å². The van der Waals surface area contributed by atoms with Crippen LogP contribution in [0.2, 0.25) is 0 Å². The molecule has 0 radical (unpaired) electrons. The normalized spacial score (nSPS) is 10.1. The summed E-state index contributed by atoms with van der Waals surface area (Å²) in [5.41, 5.74) is 4.05. The second-order valence-electron chi connectivity index (χ2n) is 3.11. The van der Waals surface area contributed by atoms with Crippen LogP contribution in [0.3, 0.4) is 0 Å². The molecule has 0 aromatic heterocycles. The van der Waals surface area contributed by atoms with Gasteiger partial charge in [0.1, 0.15) is 0 Å². The molecule has 0 fully saturated rings. The van der Waals surface area contributed by atoms with Crippen LogP contribution in [-0.2, 0) is 15.3 Å². The number of amides is 1. The number of hydroxylamine groups is 1. The number of hydrogen-bond acceptors (Lipinski definition) is 4. The molecule has 0 aliphatic heterocycles. The highest BCUT2D eigenvalue weighted by Gasteiger charge is 2.04. The van der Waals surface area contributed by atoms with Gasteiger partial charge in [-0.25, -0.2) is 10.3 Å². The Morgan fingerprint density at radius 2 is 2.06 bits per heavy atom. The zero-order valence-electron chi connectivity index (χ0n) is 9.36.